The van der Waals surface area contributed by atoms with Crippen LogP contribution in [0.3, 0.4) is 0 Å². The van der Waals surface area contributed by atoms with Crippen LogP contribution in [0.1, 0.15) is 5.56 Å². The van der Waals surface area contributed by atoms with Crippen LogP contribution in [-0.2, 0) is 6.42 Å². The van der Waals surface area contributed by atoms with Crippen LogP contribution in [0, 0.1) is 0 Å². The summed E-state index contributed by atoms with van der Waals surface area (Å²) in [5, 5.41) is 0.521. The van der Waals surface area contributed by atoms with E-state index in [-0.39, 0.29) is 0 Å². The van der Waals surface area contributed by atoms with Crippen LogP contribution in [0.5, 0.6) is 5.75 Å². The SMILES string of the molecule is c1ccc(SC2COc3ccccc3C2)cc1. The Morgan fingerprint density at radius 2 is 1.71 bits per heavy atom. The van der Waals surface area contributed by atoms with Crippen molar-refractivity contribution in [1.29, 1.82) is 0 Å². The van der Waals surface area contributed by atoms with Crippen LogP contribution < -0.4 is 4.74 Å². The highest BCUT2D eigenvalue weighted by Crippen LogP contribution is 2.32. The van der Waals surface area contributed by atoms with Crippen molar-refractivity contribution < 1.29 is 4.74 Å². The Labute approximate surface area is 106 Å². The molecular weight excluding hydrogens is 228 g/mol. The molecule has 1 nitrogen and oxygen atoms in total. The van der Waals surface area contributed by atoms with Crippen molar-refractivity contribution in [3.63, 3.8) is 0 Å². The quantitative estimate of drug-likeness (QED) is 0.792. The van der Waals surface area contributed by atoms with Gasteiger partial charge in [0.1, 0.15) is 12.4 Å². The molecule has 0 aliphatic carbocycles. The zero-order chi connectivity index (χ0) is 11.5. The molecular formula is C15H14OS. The first-order valence-electron chi connectivity index (χ1n) is 5.84. The number of para-hydroxylation sites is 1. The van der Waals surface area contributed by atoms with Crippen molar-refractivity contribution in [2.45, 2.75) is 16.6 Å². The van der Waals surface area contributed by atoms with Crippen molar-refractivity contribution in [2.24, 2.45) is 0 Å². The normalized spacial score (nSPS) is 18.2. The number of hydrogen-bond acceptors (Lipinski definition) is 2. The Kier molecular flexibility index (Phi) is 3.06. The van der Waals surface area contributed by atoms with E-state index in [1.807, 2.05) is 17.8 Å². The molecule has 2 aromatic carbocycles. The van der Waals surface area contributed by atoms with Gasteiger partial charge in [0.05, 0.1) is 0 Å². The van der Waals surface area contributed by atoms with Crippen molar-refractivity contribution in [1.82, 2.24) is 0 Å². The molecule has 3 rings (SSSR count). The average Bonchev–Trinajstić information content (AvgIpc) is 2.40. The van der Waals surface area contributed by atoms with E-state index in [2.05, 4.69) is 48.5 Å². The molecule has 0 saturated carbocycles. The predicted octanol–water partition coefficient (Wildman–Crippen LogP) is 3.78. The van der Waals surface area contributed by atoms with E-state index < -0.39 is 0 Å². The second-order valence-electron chi connectivity index (χ2n) is 4.18. The number of hydrogen-bond donors (Lipinski definition) is 0. The fourth-order valence-electron chi connectivity index (χ4n) is 2.07. The topological polar surface area (TPSA) is 9.23 Å². The van der Waals surface area contributed by atoms with Crippen LogP contribution in [-0.4, -0.2) is 11.9 Å². The molecule has 0 bridgehead atoms. The number of benzene rings is 2. The van der Waals surface area contributed by atoms with Gasteiger partial charge in [0.2, 0.25) is 0 Å². The third-order valence-electron chi connectivity index (χ3n) is 2.89. The molecule has 0 aromatic heterocycles. The number of ether oxygens (including phenoxy) is 1. The van der Waals surface area contributed by atoms with Gasteiger partial charge in [-0.25, -0.2) is 0 Å². The van der Waals surface area contributed by atoms with Crippen LogP contribution in [0.2, 0.25) is 0 Å². The summed E-state index contributed by atoms with van der Waals surface area (Å²) < 4.78 is 5.79. The number of rotatable bonds is 2. The van der Waals surface area contributed by atoms with Gasteiger partial charge in [-0.2, -0.15) is 0 Å². The first-order chi connectivity index (χ1) is 8.42. The maximum absolute atomic E-state index is 5.79. The minimum Gasteiger partial charge on any atom is -0.492 e. The Morgan fingerprint density at radius 1 is 0.941 bits per heavy atom. The van der Waals surface area contributed by atoms with E-state index in [4.69, 9.17) is 4.74 Å². The summed E-state index contributed by atoms with van der Waals surface area (Å²) in [4.78, 5) is 1.32. The summed E-state index contributed by atoms with van der Waals surface area (Å²) in [5.41, 5.74) is 1.33. The third kappa shape index (κ3) is 2.47. The van der Waals surface area contributed by atoms with E-state index in [1.54, 1.807) is 0 Å². The maximum Gasteiger partial charge on any atom is 0.122 e. The molecule has 0 radical (unpaired) electrons. The van der Waals surface area contributed by atoms with Gasteiger partial charge in [0.15, 0.2) is 0 Å². The van der Waals surface area contributed by atoms with Gasteiger partial charge in [-0.05, 0) is 30.2 Å². The van der Waals surface area contributed by atoms with Crippen molar-refractivity contribution in [2.75, 3.05) is 6.61 Å². The molecule has 1 atom stereocenters. The molecule has 17 heavy (non-hydrogen) atoms. The molecule has 86 valence electrons. The van der Waals surface area contributed by atoms with Crippen molar-refractivity contribution in [3.05, 3.63) is 60.2 Å². The molecule has 1 unspecified atom stereocenters. The lowest BCUT2D eigenvalue weighted by molar-refractivity contribution is 0.294. The molecule has 2 heteroatoms. The standard InChI is InChI=1S/C15H14OS/c1-2-7-13(8-3-1)17-14-10-12-6-4-5-9-15(12)16-11-14/h1-9,14H,10-11H2. The summed E-state index contributed by atoms with van der Waals surface area (Å²) >= 11 is 1.90. The molecule has 1 aliphatic rings. The zero-order valence-electron chi connectivity index (χ0n) is 9.50. The number of fused-ring (bicyclic) bond motifs is 1. The third-order valence-corrected chi connectivity index (χ3v) is 4.07. The first kappa shape index (κ1) is 10.7. The highest BCUT2D eigenvalue weighted by atomic mass is 32.2. The summed E-state index contributed by atoms with van der Waals surface area (Å²) in [6.45, 7) is 0.802. The molecule has 0 saturated heterocycles. The monoisotopic (exact) mass is 242 g/mol. The van der Waals surface area contributed by atoms with Gasteiger partial charge in [-0.1, -0.05) is 36.4 Å². The molecule has 1 heterocycles. The summed E-state index contributed by atoms with van der Waals surface area (Å²) in [7, 11) is 0. The highest BCUT2D eigenvalue weighted by Gasteiger charge is 2.20. The lowest BCUT2D eigenvalue weighted by atomic mass is 10.1. The zero-order valence-corrected chi connectivity index (χ0v) is 10.3. The lowest BCUT2D eigenvalue weighted by Gasteiger charge is -2.24. The van der Waals surface area contributed by atoms with E-state index in [0.717, 1.165) is 18.8 Å². The molecule has 0 N–H and O–H groups in total. The number of thioether (sulfide) groups is 1. The highest BCUT2D eigenvalue weighted by molar-refractivity contribution is 8.00. The van der Waals surface area contributed by atoms with Crippen LogP contribution in [0.25, 0.3) is 0 Å². The van der Waals surface area contributed by atoms with Gasteiger partial charge in [-0.15, -0.1) is 11.8 Å². The predicted molar refractivity (Wildman–Crippen MR) is 71.7 cm³/mol. The fourth-order valence-corrected chi connectivity index (χ4v) is 3.17. The lowest BCUT2D eigenvalue weighted by Crippen LogP contribution is -2.22. The van der Waals surface area contributed by atoms with Gasteiger partial charge in [-0.3, -0.25) is 0 Å². The average molecular weight is 242 g/mol. The van der Waals surface area contributed by atoms with Gasteiger partial charge >= 0.3 is 0 Å². The molecule has 0 amide bonds. The second-order valence-corrected chi connectivity index (χ2v) is 5.55. The van der Waals surface area contributed by atoms with Crippen molar-refractivity contribution in [3.8, 4) is 5.75 Å². The van der Waals surface area contributed by atoms with Crippen LogP contribution in [0.15, 0.2) is 59.5 Å². The summed E-state index contributed by atoms with van der Waals surface area (Å²) in [6, 6.07) is 18.9. The van der Waals surface area contributed by atoms with Gasteiger partial charge in [0.25, 0.3) is 0 Å². The minimum atomic E-state index is 0.521. The molecule has 1 aliphatic heterocycles. The minimum absolute atomic E-state index is 0.521. The van der Waals surface area contributed by atoms with E-state index in [9.17, 15) is 0 Å². The maximum atomic E-state index is 5.79. The Bertz CT molecular complexity index is 495. The van der Waals surface area contributed by atoms with Crippen LogP contribution >= 0.6 is 11.8 Å². The summed E-state index contributed by atoms with van der Waals surface area (Å²) in [5.74, 6) is 1.05. The molecule has 0 spiro atoms. The fraction of sp³-hybridized carbons (Fsp3) is 0.200. The Balaban J connectivity index is 1.72. The van der Waals surface area contributed by atoms with E-state index in [0.29, 0.717) is 5.25 Å². The van der Waals surface area contributed by atoms with E-state index in [1.165, 1.54) is 10.5 Å². The largest absolute Gasteiger partial charge is 0.492 e. The van der Waals surface area contributed by atoms with Crippen molar-refractivity contribution >= 4 is 11.8 Å². The van der Waals surface area contributed by atoms with Gasteiger partial charge in [0, 0.05) is 10.1 Å². The molecule has 2 aromatic rings. The Hall–Kier alpha value is -1.41. The smallest absolute Gasteiger partial charge is 0.122 e. The first-order valence-corrected chi connectivity index (χ1v) is 6.72. The molecule has 0 fully saturated rings. The summed E-state index contributed by atoms with van der Waals surface area (Å²) in [6.07, 6.45) is 1.09. The van der Waals surface area contributed by atoms with Crippen LogP contribution in [0.4, 0.5) is 0 Å². The Morgan fingerprint density at radius 3 is 2.59 bits per heavy atom. The van der Waals surface area contributed by atoms with Gasteiger partial charge < -0.3 is 4.74 Å². The van der Waals surface area contributed by atoms with E-state index >= 15 is 0 Å². The second kappa shape index (κ2) is 4.84.